The fraction of sp³-hybridized carbons (Fsp3) is 0.176. The van der Waals surface area contributed by atoms with Crippen molar-refractivity contribution in [2.45, 2.75) is 19.6 Å². The molecule has 0 amide bonds. The Labute approximate surface area is 126 Å². The number of benzene rings is 2. The molecule has 2 nitrogen and oxygen atoms in total. The zero-order valence-corrected chi connectivity index (χ0v) is 12.4. The summed E-state index contributed by atoms with van der Waals surface area (Å²) < 4.78 is 20.3. The van der Waals surface area contributed by atoms with Crippen molar-refractivity contribution in [3.8, 4) is 5.75 Å². The van der Waals surface area contributed by atoms with Gasteiger partial charge in [-0.05, 0) is 35.9 Å². The molecule has 4 heteroatoms. The molecule has 0 aliphatic carbocycles. The first-order valence-corrected chi connectivity index (χ1v) is 7.58. The Balaban J connectivity index is 1.86. The van der Waals surface area contributed by atoms with Gasteiger partial charge in [0.05, 0.1) is 6.10 Å². The number of fused-ring (bicyclic) bond motifs is 1. The molecule has 1 heterocycles. The maximum atomic E-state index is 13.4. The molecule has 0 spiro atoms. The first-order valence-electron chi connectivity index (χ1n) is 6.70. The van der Waals surface area contributed by atoms with Gasteiger partial charge in [0.25, 0.3) is 0 Å². The third-order valence-corrected chi connectivity index (χ3v) is 4.38. The molecule has 0 radical (unpaired) electrons. The lowest BCUT2D eigenvalue weighted by molar-refractivity contribution is 0.190. The van der Waals surface area contributed by atoms with E-state index in [9.17, 15) is 9.50 Å². The predicted molar refractivity (Wildman–Crippen MR) is 83.2 cm³/mol. The average Bonchev–Trinajstić information content (AvgIpc) is 2.88. The van der Waals surface area contributed by atoms with E-state index in [1.165, 1.54) is 16.8 Å². The van der Waals surface area contributed by atoms with E-state index in [-0.39, 0.29) is 5.82 Å². The maximum Gasteiger partial charge on any atom is 0.128 e. The SMILES string of the molecule is C[C@H](O)c1ccc(F)cc1OCc1csc2ccccc12. The van der Waals surface area contributed by atoms with Gasteiger partial charge in [-0.25, -0.2) is 4.39 Å². The fourth-order valence-electron chi connectivity index (χ4n) is 2.28. The van der Waals surface area contributed by atoms with Gasteiger partial charge in [0.2, 0.25) is 0 Å². The summed E-state index contributed by atoms with van der Waals surface area (Å²) in [5.41, 5.74) is 1.66. The van der Waals surface area contributed by atoms with Crippen LogP contribution in [0.4, 0.5) is 4.39 Å². The molecule has 0 unspecified atom stereocenters. The van der Waals surface area contributed by atoms with Crippen molar-refractivity contribution >= 4 is 21.4 Å². The van der Waals surface area contributed by atoms with Gasteiger partial charge in [0.15, 0.2) is 0 Å². The van der Waals surface area contributed by atoms with Crippen LogP contribution >= 0.6 is 11.3 Å². The Bertz CT molecular complexity index is 764. The van der Waals surface area contributed by atoms with E-state index >= 15 is 0 Å². The van der Waals surface area contributed by atoms with Crippen molar-refractivity contribution in [3.63, 3.8) is 0 Å². The lowest BCUT2D eigenvalue weighted by Gasteiger charge is -2.13. The van der Waals surface area contributed by atoms with Crippen LogP contribution in [-0.4, -0.2) is 5.11 Å². The monoisotopic (exact) mass is 302 g/mol. The van der Waals surface area contributed by atoms with E-state index in [0.717, 1.165) is 10.9 Å². The first-order chi connectivity index (χ1) is 10.1. The van der Waals surface area contributed by atoms with E-state index in [1.807, 2.05) is 23.6 Å². The van der Waals surface area contributed by atoms with Crippen molar-refractivity contribution < 1.29 is 14.2 Å². The van der Waals surface area contributed by atoms with E-state index in [2.05, 4.69) is 6.07 Å². The van der Waals surface area contributed by atoms with Crippen LogP contribution in [0.5, 0.6) is 5.75 Å². The van der Waals surface area contributed by atoms with Crippen molar-refractivity contribution in [3.05, 3.63) is 64.8 Å². The largest absolute Gasteiger partial charge is 0.488 e. The van der Waals surface area contributed by atoms with Gasteiger partial charge in [-0.2, -0.15) is 0 Å². The normalized spacial score (nSPS) is 12.5. The lowest BCUT2D eigenvalue weighted by atomic mass is 10.1. The zero-order valence-electron chi connectivity index (χ0n) is 11.5. The van der Waals surface area contributed by atoms with Crippen LogP contribution in [0.3, 0.4) is 0 Å². The minimum Gasteiger partial charge on any atom is -0.488 e. The number of aliphatic hydroxyl groups excluding tert-OH is 1. The van der Waals surface area contributed by atoms with Crippen molar-refractivity contribution in [2.75, 3.05) is 0 Å². The number of hydrogen-bond acceptors (Lipinski definition) is 3. The molecular formula is C17H15FO2S. The van der Waals surface area contributed by atoms with E-state index < -0.39 is 6.10 Å². The van der Waals surface area contributed by atoms with Crippen molar-refractivity contribution in [1.29, 1.82) is 0 Å². The summed E-state index contributed by atoms with van der Waals surface area (Å²) in [7, 11) is 0. The molecule has 21 heavy (non-hydrogen) atoms. The number of rotatable bonds is 4. The standard InChI is InChI=1S/C17H15FO2S/c1-11(19)14-7-6-13(18)8-16(14)20-9-12-10-21-17-5-3-2-4-15(12)17/h2-8,10-11,19H,9H2,1H3/t11-/m0/s1. The molecule has 0 aliphatic rings. The third kappa shape index (κ3) is 2.91. The summed E-state index contributed by atoms with van der Waals surface area (Å²) in [5.74, 6) is 0.0184. The van der Waals surface area contributed by atoms with Crippen LogP contribution in [0, 0.1) is 5.82 Å². The molecular weight excluding hydrogens is 287 g/mol. The molecule has 0 saturated carbocycles. The van der Waals surface area contributed by atoms with Gasteiger partial charge < -0.3 is 9.84 Å². The smallest absolute Gasteiger partial charge is 0.128 e. The van der Waals surface area contributed by atoms with Crippen LogP contribution in [0.25, 0.3) is 10.1 Å². The second-order valence-corrected chi connectivity index (χ2v) is 5.82. The molecule has 3 rings (SSSR count). The Kier molecular flexibility index (Phi) is 3.90. The molecule has 2 aromatic carbocycles. The molecule has 1 aromatic heterocycles. The fourth-order valence-corrected chi connectivity index (χ4v) is 3.23. The summed E-state index contributed by atoms with van der Waals surface area (Å²) in [5, 5.41) is 12.9. The quantitative estimate of drug-likeness (QED) is 0.758. The summed E-state index contributed by atoms with van der Waals surface area (Å²) in [6.07, 6.45) is -0.695. The number of halogens is 1. The molecule has 0 saturated heterocycles. The number of thiophene rings is 1. The molecule has 1 atom stereocenters. The Hall–Kier alpha value is -1.91. The third-order valence-electron chi connectivity index (χ3n) is 3.37. The Morgan fingerprint density at radius 2 is 2.05 bits per heavy atom. The van der Waals surface area contributed by atoms with Crippen LogP contribution in [-0.2, 0) is 6.61 Å². The highest BCUT2D eigenvalue weighted by Gasteiger charge is 2.11. The molecule has 0 fully saturated rings. The number of ether oxygens (including phenoxy) is 1. The van der Waals surface area contributed by atoms with Gasteiger partial charge in [-0.15, -0.1) is 11.3 Å². The highest BCUT2D eigenvalue weighted by Crippen LogP contribution is 2.30. The average molecular weight is 302 g/mol. The summed E-state index contributed by atoms with van der Waals surface area (Å²) in [6.45, 7) is 1.99. The minimum atomic E-state index is -0.695. The van der Waals surface area contributed by atoms with E-state index in [4.69, 9.17) is 4.74 Å². The highest BCUT2D eigenvalue weighted by atomic mass is 32.1. The summed E-state index contributed by atoms with van der Waals surface area (Å²) in [6, 6.07) is 12.3. The van der Waals surface area contributed by atoms with Gasteiger partial charge in [0.1, 0.15) is 18.2 Å². The summed E-state index contributed by atoms with van der Waals surface area (Å²) >= 11 is 1.66. The van der Waals surface area contributed by atoms with Crippen molar-refractivity contribution in [2.24, 2.45) is 0 Å². The van der Waals surface area contributed by atoms with Crippen LogP contribution < -0.4 is 4.74 Å². The lowest BCUT2D eigenvalue weighted by Crippen LogP contribution is -2.01. The Morgan fingerprint density at radius 1 is 1.24 bits per heavy atom. The molecule has 3 aromatic rings. The molecule has 0 aliphatic heterocycles. The van der Waals surface area contributed by atoms with Crippen LogP contribution in [0.2, 0.25) is 0 Å². The van der Waals surface area contributed by atoms with Gasteiger partial charge in [-0.3, -0.25) is 0 Å². The molecule has 0 bridgehead atoms. The van der Waals surface area contributed by atoms with Gasteiger partial charge in [-0.1, -0.05) is 18.2 Å². The number of aliphatic hydroxyl groups is 1. The van der Waals surface area contributed by atoms with E-state index in [1.54, 1.807) is 24.3 Å². The molecule has 1 N–H and O–H groups in total. The van der Waals surface area contributed by atoms with Crippen LogP contribution in [0.1, 0.15) is 24.2 Å². The van der Waals surface area contributed by atoms with Crippen LogP contribution in [0.15, 0.2) is 47.8 Å². The Morgan fingerprint density at radius 3 is 2.86 bits per heavy atom. The molecule has 108 valence electrons. The minimum absolute atomic E-state index is 0.354. The van der Waals surface area contributed by atoms with Gasteiger partial charge in [0, 0.05) is 21.9 Å². The summed E-state index contributed by atoms with van der Waals surface area (Å²) in [4.78, 5) is 0. The maximum absolute atomic E-state index is 13.4. The topological polar surface area (TPSA) is 29.5 Å². The second kappa shape index (κ2) is 5.84. The second-order valence-electron chi connectivity index (χ2n) is 4.90. The van der Waals surface area contributed by atoms with Crippen molar-refractivity contribution in [1.82, 2.24) is 0 Å². The zero-order chi connectivity index (χ0) is 14.8. The van der Waals surface area contributed by atoms with E-state index in [0.29, 0.717) is 17.9 Å². The predicted octanol–water partition coefficient (Wildman–Crippen LogP) is 4.67. The first kappa shape index (κ1) is 14.0. The number of hydrogen-bond donors (Lipinski definition) is 1. The van der Waals surface area contributed by atoms with Gasteiger partial charge >= 0.3 is 0 Å². The highest BCUT2D eigenvalue weighted by molar-refractivity contribution is 7.17.